The van der Waals surface area contributed by atoms with Crippen LogP contribution in [0.3, 0.4) is 0 Å². The predicted molar refractivity (Wildman–Crippen MR) is 67.5 cm³/mol. The molecule has 0 radical (unpaired) electrons. The summed E-state index contributed by atoms with van der Waals surface area (Å²) in [7, 11) is 1.47. The third-order valence-electron chi connectivity index (χ3n) is 3.54. The number of methoxy groups -OCH3 is 1. The Morgan fingerprint density at radius 1 is 1.44 bits per heavy atom. The zero-order valence-corrected chi connectivity index (χ0v) is 10.8. The lowest BCUT2D eigenvalue weighted by Crippen LogP contribution is -2.52. The van der Waals surface area contributed by atoms with E-state index in [0.29, 0.717) is 5.75 Å². The molecule has 3 nitrogen and oxygen atoms in total. The number of ether oxygens (including phenoxy) is 1. The quantitative estimate of drug-likeness (QED) is 0.839. The Bertz CT molecular complexity index is 453. The average Bonchev–Trinajstić information content (AvgIpc) is 2.38. The van der Waals surface area contributed by atoms with Gasteiger partial charge in [0.05, 0.1) is 18.2 Å². The summed E-state index contributed by atoms with van der Waals surface area (Å²) in [6.07, 6.45) is 2.80. The molecule has 98 valence electrons. The fraction of sp³-hybridized carbons (Fsp3) is 0.500. The molecule has 1 atom stereocenters. The minimum Gasteiger partial charge on any atom is -0.497 e. The van der Waals surface area contributed by atoms with Crippen LogP contribution in [0.15, 0.2) is 18.2 Å². The topological polar surface area (TPSA) is 38.3 Å². The highest BCUT2D eigenvalue weighted by Gasteiger charge is 2.36. The van der Waals surface area contributed by atoms with E-state index >= 15 is 0 Å². The highest BCUT2D eigenvalue weighted by molar-refractivity contribution is 6.03. The molecule has 1 heterocycles. The molecule has 0 aromatic heterocycles. The first-order chi connectivity index (χ1) is 8.57. The van der Waals surface area contributed by atoms with Crippen LogP contribution in [0.5, 0.6) is 5.75 Å². The summed E-state index contributed by atoms with van der Waals surface area (Å²) >= 11 is 0. The normalized spacial score (nSPS) is 23.7. The molecule has 4 heteroatoms. The maximum atomic E-state index is 13.9. The zero-order chi connectivity index (χ0) is 13.2. The van der Waals surface area contributed by atoms with E-state index < -0.39 is 11.4 Å². The van der Waals surface area contributed by atoms with E-state index in [1.807, 2.05) is 6.92 Å². The van der Waals surface area contributed by atoms with E-state index in [4.69, 9.17) is 4.74 Å². The van der Waals surface area contributed by atoms with Gasteiger partial charge in [-0.25, -0.2) is 4.39 Å². The molecule has 1 aliphatic rings. The van der Waals surface area contributed by atoms with Crippen LogP contribution in [0, 0.1) is 5.82 Å². The molecular formula is C14H18FNO2. The van der Waals surface area contributed by atoms with Crippen LogP contribution in [0.1, 0.15) is 36.5 Å². The molecule has 18 heavy (non-hydrogen) atoms. The van der Waals surface area contributed by atoms with Crippen molar-refractivity contribution in [1.82, 2.24) is 5.32 Å². The second kappa shape index (κ2) is 5.06. The van der Waals surface area contributed by atoms with E-state index in [9.17, 15) is 9.18 Å². The first-order valence-electron chi connectivity index (χ1n) is 6.20. The Morgan fingerprint density at radius 2 is 2.22 bits per heavy atom. The summed E-state index contributed by atoms with van der Waals surface area (Å²) in [5, 5.41) is 3.20. The summed E-state index contributed by atoms with van der Waals surface area (Å²) in [5.74, 6) is -0.277. The highest BCUT2D eigenvalue weighted by atomic mass is 19.1. The van der Waals surface area contributed by atoms with Gasteiger partial charge in [-0.1, -0.05) is 0 Å². The Balaban J connectivity index is 2.28. The summed E-state index contributed by atoms with van der Waals surface area (Å²) in [4.78, 5) is 12.4. The van der Waals surface area contributed by atoms with Gasteiger partial charge in [-0.05, 0) is 44.9 Å². The minimum absolute atomic E-state index is 0.132. The standard InChI is InChI=1S/C14H18FNO2/c1-14(7-3-4-8-16-14)13(17)11-6-5-10(18-2)9-12(11)15/h5-6,9,16H,3-4,7-8H2,1-2H3. The monoisotopic (exact) mass is 251 g/mol. The molecule has 1 aromatic rings. The lowest BCUT2D eigenvalue weighted by Gasteiger charge is -2.33. The van der Waals surface area contributed by atoms with E-state index in [0.717, 1.165) is 25.8 Å². The second-order valence-corrected chi connectivity index (χ2v) is 4.89. The number of carbonyl (C=O) groups is 1. The average molecular weight is 251 g/mol. The molecule has 2 rings (SSSR count). The van der Waals surface area contributed by atoms with Crippen molar-refractivity contribution in [3.05, 3.63) is 29.6 Å². The predicted octanol–water partition coefficient (Wildman–Crippen LogP) is 2.55. The number of rotatable bonds is 3. The van der Waals surface area contributed by atoms with Crippen LogP contribution >= 0.6 is 0 Å². The van der Waals surface area contributed by atoms with Crippen LogP contribution in [0.4, 0.5) is 4.39 Å². The van der Waals surface area contributed by atoms with Gasteiger partial charge in [0.15, 0.2) is 5.78 Å². The van der Waals surface area contributed by atoms with Crippen molar-refractivity contribution in [2.24, 2.45) is 0 Å². The number of ketones is 1. The first kappa shape index (κ1) is 13.0. The summed E-state index contributed by atoms with van der Waals surface area (Å²) in [6.45, 7) is 2.65. The summed E-state index contributed by atoms with van der Waals surface area (Å²) < 4.78 is 18.8. The second-order valence-electron chi connectivity index (χ2n) is 4.89. The van der Waals surface area contributed by atoms with Crippen molar-refractivity contribution in [2.75, 3.05) is 13.7 Å². The Hall–Kier alpha value is -1.42. The van der Waals surface area contributed by atoms with Crippen molar-refractivity contribution < 1.29 is 13.9 Å². The number of Topliss-reactive ketones (excluding diaryl/α,β-unsaturated/α-hetero) is 1. The number of benzene rings is 1. The number of halogens is 1. The number of hydrogen-bond donors (Lipinski definition) is 1. The van der Waals surface area contributed by atoms with Crippen LogP contribution in [-0.2, 0) is 0 Å². The van der Waals surface area contributed by atoms with Crippen molar-refractivity contribution in [3.63, 3.8) is 0 Å². The number of carbonyl (C=O) groups excluding carboxylic acids is 1. The largest absolute Gasteiger partial charge is 0.497 e. The van der Waals surface area contributed by atoms with Gasteiger partial charge in [0.1, 0.15) is 11.6 Å². The van der Waals surface area contributed by atoms with Gasteiger partial charge in [-0.2, -0.15) is 0 Å². The summed E-state index contributed by atoms with van der Waals surface area (Å²) in [6, 6.07) is 4.36. The summed E-state index contributed by atoms with van der Waals surface area (Å²) in [5.41, 5.74) is -0.513. The molecule has 1 saturated heterocycles. The fourth-order valence-electron chi connectivity index (χ4n) is 2.35. The van der Waals surface area contributed by atoms with Crippen LogP contribution in [0.25, 0.3) is 0 Å². The van der Waals surface area contributed by atoms with E-state index in [-0.39, 0.29) is 11.3 Å². The molecule has 1 unspecified atom stereocenters. The van der Waals surface area contributed by atoms with Gasteiger partial charge in [0.2, 0.25) is 0 Å². The molecular weight excluding hydrogens is 233 g/mol. The highest BCUT2D eigenvalue weighted by Crippen LogP contribution is 2.26. The van der Waals surface area contributed by atoms with E-state index in [1.54, 1.807) is 6.07 Å². The Kier molecular flexibility index (Phi) is 3.66. The molecule has 0 bridgehead atoms. The lowest BCUT2D eigenvalue weighted by atomic mass is 9.83. The Morgan fingerprint density at radius 3 is 2.78 bits per heavy atom. The molecule has 1 aliphatic heterocycles. The van der Waals surface area contributed by atoms with Gasteiger partial charge < -0.3 is 10.1 Å². The van der Waals surface area contributed by atoms with Gasteiger partial charge in [-0.15, -0.1) is 0 Å². The number of hydrogen-bond acceptors (Lipinski definition) is 3. The fourth-order valence-corrected chi connectivity index (χ4v) is 2.35. The lowest BCUT2D eigenvalue weighted by molar-refractivity contribution is 0.0830. The number of piperidine rings is 1. The third kappa shape index (κ3) is 2.38. The van der Waals surface area contributed by atoms with Gasteiger partial charge in [0.25, 0.3) is 0 Å². The van der Waals surface area contributed by atoms with Gasteiger partial charge in [-0.3, -0.25) is 4.79 Å². The first-order valence-corrected chi connectivity index (χ1v) is 6.20. The third-order valence-corrected chi connectivity index (χ3v) is 3.54. The molecule has 0 saturated carbocycles. The van der Waals surface area contributed by atoms with E-state index in [2.05, 4.69) is 5.32 Å². The van der Waals surface area contributed by atoms with Gasteiger partial charge in [0, 0.05) is 6.07 Å². The zero-order valence-electron chi connectivity index (χ0n) is 10.8. The van der Waals surface area contributed by atoms with Crippen molar-refractivity contribution in [1.29, 1.82) is 0 Å². The number of nitrogens with one attached hydrogen (secondary N) is 1. The van der Waals surface area contributed by atoms with E-state index in [1.165, 1.54) is 19.2 Å². The van der Waals surface area contributed by atoms with Gasteiger partial charge >= 0.3 is 0 Å². The SMILES string of the molecule is COc1ccc(C(=O)C2(C)CCCCN2)c(F)c1. The molecule has 1 fully saturated rings. The maximum Gasteiger partial charge on any atom is 0.185 e. The molecule has 1 N–H and O–H groups in total. The maximum absolute atomic E-state index is 13.9. The van der Waals surface area contributed by atoms with Crippen molar-refractivity contribution >= 4 is 5.78 Å². The van der Waals surface area contributed by atoms with Crippen LogP contribution in [-0.4, -0.2) is 25.0 Å². The molecule has 0 spiro atoms. The van der Waals surface area contributed by atoms with Crippen molar-refractivity contribution in [3.8, 4) is 5.75 Å². The Labute approximate surface area is 106 Å². The van der Waals surface area contributed by atoms with Crippen molar-refractivity contribution in [2.45, 2.75) is 31.7 Å². The minimum atomic E-state index is -0.645. The molecule has 0 amide bonds. The molecule has 1 aromatic carbocycles. The smallest absolute Gasteiger partial charge is 0.185 e. The van der Waals surface area contributed by atoms with Crippen LogP contribution < -0.4 is 10.1 Å². The molecule has 0 aliphatic carbocycles. The van der Waals surface area contributed by atoms with Crippen LogP contribution in [0.2, 0.25) is 0 Å².